The smallest absolute Gasteiger partial charge is 0.254 e. The Morgan fingerprint density at radius 3 is 2.38 bits per heavy atom. The Balaban J connectivity index is 1.79. The van der Waals surface area contributed by atoms with Gasteiger partial charge >= 0.3 is 0 Å². The lowest BCUT2D eigenvalue weighted by atomic mass is 10.2. The molecule has 26 heavy (non-hydrogen) atoms. The van der Waals surface area contributed by atoms with Crippen LogP contribution in [-0.4, -0.2) is 64.5 Å². The zero-order valence-electron chi connectivity index (χ0n) is 15.2. The largest absolute Gasteiger partial charge is 0.337 e. The third-order valence-electron chi connectivity index (χ3n) is 4.71. The van der Waals surface area contributed by atoms with Crippen LogP contribution in [0, 0.1) is 13.8 Å². The van der Waals surface area contributed by atoms with Crippen molar-refractivity contribution in [2.75, 3.05) is 26.2 Å². The first-order chi connectivity index (χ1) is 12.3. The Morgan fingerprint density at radius 1 is 1.08 bits per heavy atom. The minimum absolute atomic E-state index is 0.0969. The molecule has 8 nitrogen and oxygen atoms in total. The van der Waals surface area contributed by atoms with E-state index in [2.05, 4.69) is 10.1 Å². The summed E-state index contributed by atoms with van der Waals surface area (Å²) in [4.78, 5) is 18.5. The molecule has 0 N–H and O–H groups in total. The minimum Gasteiger partial charge on any atom is -0.337 e. The van der Waals surface area contributed by atoms with Crippen LogP contribution >= 0.6 is 0 Å². The number of rotatable bonds is 3. The van der Waals surface area contributed by atoms with Crippen molar-refractivity contribution in [3.05, 3.63) is 41.5 Å². The molecule has 1 aliphatic heterocycles. The van der Waals surface area contributed by atoms with Gasteiger partial charge in [-0.2, -0.15) is 9.40 Å². The Labute approximate surface area is 153 Å². The second-order valence-electron chi connectivity index (χ2n) is 6.41. The lowest BCUT2D eigenvalue weighted by molar-refractivity contribution is 0.0764. The summed E-state index contributed by atoms with van der Waals surface area (Å²) >= 11 is 0. The van der Waals surface area contributed by atoms with Crippen molar-refractivity contribution < 1.29 is 13.2 Å². The fourth-order valence-electron chi connectivity index (χ4n) is 3.27. The van der Waals surface area contributed by atoms with Crippen molar-refractivity contribution in [3.63, 3.8) is 0 Å². The number of hydrogen-bond acceptors (Lipinski definition) is 5. The molecular weight excluding hydrogens is 354 g/mol. The van der Waals surface area contributed by atoms with Crippen LogP contribution in [0.5, 0.6) is 0 Å². The average Bonchev–Trinajstić information content (AvgIpc) is 2.81. The van der Waals surface area contributed by atoms with Crippen LogP contribution in [0.3, 0.4) is 0 Å². The average molecular weight is 377 g/mol. The van der Waals surface area contributed by atoms with Gasteiger partial charge in [0, 0.05) is 51.2 Å². The topological polar surface area (TPSA) is 88.4 Å². The van der Waals surface area contributed by atoms with E-state index in [0.29, 0.717) is 43.0 Å². The Kier molecular flexibility index (Phi) is 5.10. The summed E-state index contributed by atoms with van der Waals surface area (Å²) in [6, 6.07) is 3.34. The SMILES string of the molecule is Cc1nn(C)c(C)c1S(=O)(=O)N1CCCN(C(=O)c2ccncc2)CC1. The maximum absolute atomic E-state index is 13.1. The summed E-state index contributed by atoms with van der Waals surface area (Å²) in [5.74, 6) is -0.0969. The van der Waals surface area contributed by atoms with E-state index in [4.69, 9.17) is 0 Å². The van der Waals surface area contributed by atoms with Gasteiger partial charge in [-0.05, 0) is 32.4 Å². The quantitative estimate of drug-likeness (QED) is 0.795. The predicted molar refractivity (Wildman–Crippen MR) is 96.2 cm³/mol. The van der Waals surface area contributed by atoms with Gasteiger partial charge in [-0.25, -0.2) is 8.42 Å². The maximum Gasteiger partial charge on any atom is 0.254 e. The molecule has 0 spiro atoms. The number of carbonyl (C=O) groups is 1. The Bertz CT molecular complexity index is 908. The van der Waals surface area contributed by atoms with Gasteiger partial charge in [0.05, 0.1) is 11.4 Å². The molecule has 3 heterocycles. The predicted octanol–water partition coefficient (Wildman–Crippen LogP) is 0.969. The molecule has 0 aliphatic carbocycles. The molecule has 0 unspecified atom stereocenters. The lowest BCUT2D eigenvalue weighted by Crippen LogP contribution is -2.37. The first-order valence-electron chi connectivity index (χ1n) is 8.52. The third-order valence-corrected chi connectivity index (χ3v) is 6.86. The highest BCUT2D eigenvalue weighted by molar-refractivity contribution is 7.89. The molecule has 0 bridgehead atoms. The molecule has 1 amide bonds. The maximum atomic E-state index is 13.1. The van der Waals surface area contributed by atoms with Crippen LogP contribution in [0.25, 0.3) is 0 Å². The Hall–Kier alpha value is -2.26. The zero-order valence-corrected chi connectivity index (χ0v) is 16.0. The molecule has 2 aromatic rings. The van der Waals surface area contributed by atoms with Crippen molar-refractivity contribution in [1.82, 2.24) is 24.0 Å². The Morgan fingerprint density at radius 2 is 1.77 bits per heavy atom. The molecule has 1 aliphatic rings. The monoisotopic (exact) mass is 377 g/mol. The van der Waals surface area contributed by atoms with E-state index >= 15 is 0 Å². The normalized spacial score (nSPS) is 16.5. The molecule has 0 atom stereocenters. The van der Waals surface area contributed by atoms with Gasteiger partial charge in [-0.3, -0.25) is 14.5 Å². The molecule has 0 radical (unpaired) electrons. The molecule has 3 rings (SSSR count). The lowest BCUT2D eigenvalue weighted by Gasteiger charge is -2.22. The van der Waals surface area contributed by atoms with E-state index in [-0.39, 0.29) is 17.3 Å². The van der Waals surface area contributed by atoms with Gasteiger partial charge in [0.25, 0.3) is 5.91 Å². The van der Waals surface area contributed by atoms with Crippen molar-refractivity contribution in [3.8, 4) is 0 Å². The molecule has 140 valence electrons. The van der Waals surface area contributed by atoms with Gasteiger partial charge in [0.15, 0.2) is 0 Å². The van der Waals surface area contributed by atoms with Crippen molar-refractivity contribution in [1.29, 1.82) is 0 Å². The summed E-state index contributed by atoms with van der Waals surface area (Å²) in [6.07, 6.45) is 3.75. The van der Waals surface area contributed by atoms with E-state index < -0.39 is 10.0 Å². The van der Waals surface area contributed by atoms with Crippen LogP contribution in [0.4, 0.5) is 0 Å². The summed E-state index contributed by atoms with van der Waals surface area (Å²) in [5, 5.41) is 4.22. The van der Waals surface area contributed by atoms with Gasteiger partial charge in [0.2, 0.25) is 10.0 Å². The van der Waals surface area contributed by atoms with Crippen LogP contribution in [0.2, 0.25) is 0 Å². The molecule has 1 fully saturated rings. The standard InChI is InChI=1S/C17H23N5O3S/c1-13-16(14(2)20(3)19-13)26(24,25)22-10-4-9-21(11-12-22)17(23)15-5-7-18-8-6-15/h5-8H,4,9-12H2,1-3H3. The van der Waals surface area contributed by atoms with E-state index in [0.717, 1.165) is 0 Å². The van der Waals surface area contributed by atoms with E-state index in [1.54, 1.807) is 55.0 Å². The zero-order chi connectivity index (χ0) is 18.9. The summed E-state index contributed by atoms with van der Waals surface area (Å²) in [7, 11) is -1.90. The van der Waals surface area contributed by atoms with E-state index in [1.165, 1.54) is 4.31 Å². The number of amides is 1. The number of carbonyl (C=O) groups excluding carboxylic acids is 1. The number of aromatic nitrogens is 3. The second-order valence-corrected chi connectivity index (χ2v) is 8.28. The summed E-state index contributed by atoms with van der Waals surface area (Å²) in [6.45, 7) is 5.00. The van der Waals surface area contributed by atoms with Crippen molar-refractivity contribution in [2.45, 2.75) is 25.2 Å². The molecular formula is C17H23N5O3S. The van der Waals surface area contributed by atoms with Crippen LogP contribution in [-0.2, 0) is 17.1 Å². The number of nitrogens with zero attached hydrogens (tertiary/aromatic N) is 5. The van der Waals surface area contributed by atoms with E-state index in [1.807, 2.05) is 0 Å². The van der Waals surface area contributed by atoms with Gasteiger partial charge in [-0.15, -0.1) is 0 Å². The highest BCUT2D eigenvalue weighted by atomic mass is 32.2. The van der Waals surface area contributed by atoms with Gasteiger partial charge in [-0.1, -0.05) is 0 Å². The first kappa shape index (κ1) is 18.5. The van der Waals surface area contributed by atoms with Gasteiger partial charge in [0.1, 0.15) is 4.90 Å². The molecule has 0 saturated carbocycles. The fraction of sp³-hybridized carbons (Fsp3) is 0.471. The van der Waals surface area contributed by atoms with Crippen LogP contribution in [0.15, 0.2) is 29.4 Å². The van der Waals surface area contributed by atoms with Crippen LogP contribution < -0.4 is 0 Å². The molecule has 0 aromatic carbocycles. The molecule has 1 saturated heterocycles. The first-order valence-corrected chi connectivity index (χ1v) is 9.96. The summed E-state index contributed by atoms with van der Waals surface area (Å²) in [5.41, 5.74) is 1.69. The minimum atomic E-state index is -3.64. The second kappa shape index (κ2) is 7.16. The number of hydrogen-bond donors (Lipinski definition) is 0. The molecule has 2 aromatic heterocycles. The number of pyridine rings is 1. The fourth-order valence-corrected chi connectivity index (χ4v) is 5.14. The van der Waals surface area contributed by atoms with Crippen molar-refractivity contribution in [2.24, 2.45) is 7.05 Å². The number of sulfonamides is 1. The molecule has 9 heteroatoms. The van der Waals surface area contributed by atoms with E-state index in [9.17, 15) is 13.2 Å². The summed E-state index contributed by atoms with van der Waals surface area (Å²) < 4.78 is 29.2. The van der Waals surface area contributed by atoms with Crippen LogP contribution in [0.1, 0.15) is 28.2 Å². The highest BCUT2D eigenvalue weighted by Gasteiger charge is 2.32. The van der Waals surface area contributed by atoms with Crippen molar-refractivity contribution >= 4 is 15.9 Å². The number of aryl methyl sites for hydroxylation is 2. The third kappa shape index (κ3) is 3.36. The highest BCUT2D eigenvalue weighted by Crippen LogP contribution is 2.24. The van der Waals surface area contributed by atoms with Gasteiger partial charge < -0.3 is 4.90 Å².